The van der Waals surface area contributed by atoms with Crippen molar-refractivity contribution in [2.45, 2.75) is 45.6 Å². The molecule has 0 bridgehead atoms. The Bertz CT molecular complexity index is 742. The second kappa shape index (κ2) is 8.16. The predicted molar refractivity (Wildman–Crippen MR) is 95.2 cm³/mol. The molecule has 0 radical (unpaired) electrons. The Kier molecular flexibility index (Phi) is 5.70. The van der Waals surface area contributed by atoms with E-state index in [9.17, 15) is 4.79 Å². The van der Waals surface area contributed by atoms with Gasteiger partial charge in [0.1, 0.15) is 6.10 Å². The summed E-state index contributed by atoms with van der Waals surface area (Å²) in [6, 6.07) is 1.98. The quantitative estimate of drug-likeness (QED) is 0.846. The minimum atomic E-state index is -0.0651. The largest absolute Gasteiger partial charge is 0.472 e. The van der Waals surface area contributed by atoms with E-state index in [0.29, 0.717) is 25.3 Å². The normalized spacial score (nSPS) is 17.2. The van der Waals surface area contributed by atoms with Crippen molar-refractivity contribution in [3.63, 3.8) is 0 Å². The standard InChI is InChI=1S/C18H25N5O3/c1-12-15(13(2)22-21-12)6-7-17(24)23-10-4-5-14(11-23)26-16-8-9-19-18(20-16)25-3/h8-9,14H,4-7,10-11H2,1-3H3,(H,21,22). The fourth-order valence-corrected chi connectivity index (χ4v) is 3.25. The van der Waals surface area contributed by atoms with E-state index in [1.54, 1.807) is 12.3 Å². The van der Waals surface area contributed by atoms with Crippen LogP contribution in [-0.4, -0.2) is 57.3 Å². The summed E-state index contributed by atoms with van der Waals surface area (Å²) in [5, 5.41) is 7.15. The van der Waals surface area contributed by atoms with Gasteiger partial charge in [-0.15, -0.1) is 0 Å². The smallest absolute Gasteiger partial charge is 0.319 e. The number of rotatable bonds is 6. The number of hydrogen-bond donors (Lipinski definition) is 1. The van der Waals surface area contributed by atoms with Crippen molar-refractivity contribution in [2.75, 3.05) is 20.2 Å². The molecule has 1 aliphatic rings. The van der Waals surface area contributed by atoms with Crippen LogP contribution in [0, 0.1) is 13.8 Å². The van der Waals surface area contributed by atoms with Crippen LogP contribution in [0.5, 0.6) is 11.9 Å². The van der Waals surface area contributed by atoms with Crippen LogP contribution >= 0.6 is 0 Å². The van der Waals surface area contributed by atoms with Gasteiger partial charge >= 0.3 is 6.01 Å². The summed E-state index contributed by atoms with van der Waals surface area (Å²) in [5.41, 5.74) is 3.14. The summed E-state index contributed by atoms with van der Waals surface area (Å²) in [4.78, 5) is 22.6. The van der Waals surface area contributed by atoms with Crippen LogP contribution in [0.25, 0.3) is 0 Å². The predicted octanol–water partition coefficient (Wildman–Crippen LogP) is 1.83. The number of likely N-dealkylation sites (tertiary alicyclic amines) is 1. The summed E-state index contributed by atoms with van der Waals surface area (Å²) in [5.74, 6) is 0.624. The molecule has 1 unspecified atom stereocenters. The van der Waals surface area contributed by atoms with Gasteiger partial charge in [0.2, 0.25) is 11.8 Å². The third kappa shape index (κ3) is 4.30. The van der Waals surface area contributed by atoms with Gasteiger partial charge in [-0.05, 0) is 38.7 Å². The van der Waals surface area contributed by atoms with Gasteiger partial charge in [-0.3, -0.25) is 9.89 Å². The Morgan fingerprint density at radius 1 is 1.42 bits per heavy atom. The van der Waals surface area contributed by atoms with Crippen LogP contribution < -0.4 is 9.47 Å². The number of aromatic amines is 1. The summed E-state index contributed by atoms with van der Waals surface area (Å²) in [7, 11) is 1.52. The Morgan fingerprint density at radius 3 is 3.00 bits per heavy atom. The molecule has 1 aliphatic heterocycles. The van der Waals surface area contributed by atoms with E-state index < -0.39 is 0 Å². The third-order valence-electron chi connectivity index (χ3n) is 4.68. The topological polar surface area (TPSA) is 93.2 Å². The van der Waals surface area contributed by atoms with E-state index in [4.69, 9.17) is 9.47 Å². The van der Waals surface area contributed by atoms with Gasteiger partial charge < -0.3 is 14.4 Å². The molecule has 0 saturated carbocycles. The molecular weight excluding hydrogens is 334 g/mol. The highest BCUT2D eigenvalue weighted by Gasteiger charge is 2.25. The summed E-state index contributed by atoms with van der Waals surface area (Å²) < 4.78 is 10.9. The molecule has 3 rings (SSSR count). The van der Waals surface area contributed by atoms with Crippen molar-refractivity contribution in [1.29, 1.82) is 0 Å². The van der Waals surface area contributed by atoms with Gasteiger partial charge in [0.15, 0.2) is 0 Å². The molecule has 140 valence electrons. The summed E-state index contributed by atoms with van der Waals surface area (Å²) in [6.07, 6.45) is 4.54. The molecule has 0 spiro atoms. The van der Waals surface area contributed by atoms with Crippen LogP contribution in [0.3, 0.4) is 0 Å². The first kappa shape index (κ1) is 18.2. The maximum atomic E-state index is 12.6. The first-order chi connectivity index (χ1) is 12.6. The van der Waals surface area contributed by atoms with Gasteiger partial charge in [-0.2, -0.15) is 10.1 Å². The molecule has 1 saturated heterocycles. The fraction of sp³-hybridized carbons (Fsp3) is 0.556. The van der Waals surface area contributed by atoms with Crippen molar-refractivity contribution in [1.82, 2.24) is 25.1 Å². The van der Waals surface area contributed by atoms with Crippen molar-refractivity contribution in [3.8, 4) is 11.9 Å². The number of carbonyl (C=O) groups is 1. The highest BCUT2D eigenvalue weighted by atomic mass is 16.5. The zero-order valence-corrected chi connectivity index (χ0v) is 15.5. The molecule has 2 aromatic rings. The maximum absolute atomic E-state index is 12.6. The molecule has 2 aromatic heterocycles. The van der Waals surface area contributed by atoms with Crippen molar-refractivity contribution >= 4 is 5.91 Å². The Labute approximate surface area is 152 Å². The van der Waals surface area contributed by atoms with Crippen LogP contribution in [0.15, 0.2) is 12.3 Å². The highest BCUT2D eigenvalue weighted by molar-refractivity contribution is 5.76. The monoisotopic (exact) mass is 359 g/mol. The van der Waals surface area contributed by atoms with E-state index in [2.05, 4.69) is 20.2 Å². The van der Waals surface area contributed by atoms with Crippen LogP contribution in [0.1, 0.15) is 36.2 Å². The number of nitrogens with one attached hydrogen (secondary N) is 1. The number of piperidine rings is 1. The second-order valence-electron chi connectivity index (χ2n) is 6.52. The Hall–Kier alpha value is -2.64. The number of hydrogen-bond acceptors (Lipinski definition) is 6. The summed E-state index contributed by atoms with van der Waals surface area (Å²) >= 11 is 0. The molecule has 8 nitrogen and oxygen atoms in total. The second-order valence-corrected chi connectivity index (χ2v) is 6.52. The lowest BCUT2D eigenvalue weighted by Gasteiger charge is -2.32. The molecule has 1 N–H and O–H groups in total. The van der Waals surface area contributed by atoms with Crippen LogP contribution in [-0.2, 0) is 11.2 Å². The maximum Gasteiger partial charge on any atom is 0.319 e. The molecule has 1 fully saturated rings. The lowest BCUT2D eigenvalue weighted by molar-refractivity contribution is -0.133. The molecule has 3 heterocycles. The van der Waals surface area contributed by atoms with E-state index in [1.807, 2.05) is 18.7 Å². The Balaban J connectivity index is 1.54. The van der Waals surface area contributed by atoms with Crippen LogP contribution in [0.2, 0.25) is 0 Å². The van der Waals surface area contributed by atoms with Crippen molar-refractivity contribution in [3.05, 3.63) is 29.2 Å². The number of methoxy groups -OCH3 is 1. The number of nitrogens with zero attached hydrogens (tertiary/aromatic N) is 4. The lowest BCUT2D eigenvalue weighted by atomic mass is 10.0. The van der Waals surface area contributed by atoms with Crippen molar-refractivity contribution < 1.29 is 14.3 Å². The summed E-state index contributed by atoms with van der Waals surface area (Å²) in [6.45, 7) is 5.30. The van der Waals surface area contributed by atoms with E-state index in [1.165, 1.54) is 7.11 Å². The number of amides is 1. The number of H-pyrrole nitrogens is 1. The zero-order chi connectivity index (χ0) is 18.5. The van der Waals surface area contributed by atoms with Crippen LogP contribution in [0.4, 0.5) is 0 Å². The van der Waals surface area contributed by atoms with Gasteiger partial charge in [-0.1, -0.05) is 0 Å². The van der Waals surface area contributed by atoms with E-state index >= 15 is 0 Å². The zero-order valence-electron chi connectivity index (χ0n) is 15.5. The molecule has 1 amide bonds. The number of aromatic nitrogens is 4. The number of ether oxygens (including phenoxy) is 2. The lowest BCUT2D eigenvalue weighted by Crippen LogP contribution is -2.44. The average Bonchev–Trinajstić information content (AvgIpc) is 2.98. The van der Waals surface area contributed by atoms with Gasteiger partial charge in [0.05, 0.1) is 19.3 Å². The SMILES string of the molecule is COc1nccc(OC2CCCN(C(=O)CCc3c(C)n[nH]c3C)C2)n1. The number of carbonyl (C=O) groups excluding carboxylic acids is 1. The average molecular weight is 359 g/mol. The van der Waals surface area contributed by atoms with Crippen molar-refractivity contribution in [2.24, 2.45) is 0 Å². The van der Waals surface area contributed by atoms with E-state index in [0.717, 1.165) is 36.3 Å². The Morgan fingerprint density at radius 2 is 2.27 bits per heavy atom. The third-order valence-corrected chi connectivity index (χ3v) is 4.68. The molecule has 26 heavy (non-hydrogen) atoms. The molecule has 0 aliphatic carbocycles. The minimum Gasteiger partial charge on any atom is -0.472 e. The highest BCUT2D eigenvalue weighted by Crippen LogP contribution is 2.19. The first-order valence-corrected chi connectivity index (χ1v) is 8.88. The van der Waals surface area contributed by atoms with Gasteiger partial charge in [-0.25, -0.2) is 4.98 Å². The van der Waals surface area contributed by atoms with Gasteiger partial charge in [0, 0.05) is 30.9 Å². The molecule has 0 aromatic carbocycles. The van der Waals surface area contributed by atoms with Gasteiger partial charge in [0.25, 0.3) is 0 Å². The number of aryl methyl sites for hydroxylation is 2. The molecule has 8 heteroatoms. The van der Waals surface area contributed by atoms with E-state index in [-0.39, 0.29) is 18.0 Å². The first-order valence-electron chi connectivity index (χ1n) is 8.88. The fourth-order valence-electron chi connectivity index (χ4n) is 3.25. The molecular formula is C18H25N5O3. The minimum absolute atomic E-state index is 0.0651. The molecule has 1 atom stereocenters.